The topological polar surface area (TPSA) is 29.1 Å². The lowest BCUT2D eigenvalue weighted by Crippen LogP contribution is -2.10. The van der Waals surface area contributed by atoms with Crippen LogP contribution < -0.4 is 5.32 Å². The summed E-state index contributed by atoms with van der Waals surface area (Å²) in [5, 5.41) is 3.28. The van der Waals surface area contributed by atoms with Crippen LogP contribution in [-0.4, -0.2) is 12.8 Å². The van der Waals surface area contributed by atoms with Gasteiger partial charge in [-0.1, -0.05) is 48.1 Å². The molecule has 132 valence electrons. The van der Waals surface area contributed by atoms with E-state index in [1.807, 2.05) is 38.2 Å². The van der Waals surface area contributed by atoms with Crippen molar-refractivity contribution >= 4 is 5.78 Å². The molecule has 0 amide bonds. The van der Waals surface area contributed by atoms with E-state index in [0.29, 0.717) is 12.8 Å². The van der Waals surface area contributed by atoms with Crippen LogP contribution >= 0.6 is 0 Å². The number of hydrogen-bond acceptors (Lipinski definition) is 2. The number of likely N-dealkylation sites (N-methyl/N-ethyl adjacent to an activating group) is 1. The van der Waals surface area contributed by atoms with Gasteiger partial charge in [-0.25, -0.2) is 0 Å². The van der Waals surface area contributed by atoms with Gasteiger partial charge in [0.1, 0.15) is 0 Å². The molecule has 1 aliphatic rings. The second-order valence-corrected chi connectivity index (χ2v) is 6.60. The largest absolute Gasteiger partial charge is 0.388 e. The van der Waals surface area contributed by atoms with Crippen molar-refractivity contribution in [3.05, 3.63) is 82.6 Å². The van der Waals surface area contributed by atoms with E-state index >= 15 is 0 Å². The zero-order valence-corrected chi connectivity index (χ0v) is 15.7. The minimum absolute atomic E-state index is 0.191. The van der Waals surface area contributed by atoms with Crippen LogP contribution in [0.15, 0.2) is 71.5 Å². The summed E-state index contributed by atoms with van der Waals surface area (Å²) in [5.41, 5.74) is 6.87. The first kappa shape index (κ1) is 19.0. The molecule has 0 saturated carbocycles. The van der Waals surface area contributed by atoms with Crippen molar-refractivity contribution in [2.75, 3.05) is 7.05 Å². The predicted octanol–water partition coefficient (Wildman–Crippen LogP) is 5.67. The van der Waals surface area contributed by atoms with Crippen LogP contribution in [0.2, 0.25) is 0 Å². The number of hydrogen-bond donors (Lipinski definition) is 1. The van der Waals surface area contributed by atoms with Gasteiger partial charge in [-0.2, -0.15) is 0 Å². The molecular formula is C23H29NO. The lowest BCUT2D eigenvalue weighted by molar-refractivity contribution is 0.0983. The van der Waals surface area contributed by atoms with E-state index in [0.717, 1.165) is 36.0 Å². The fourth-order valence-corrected chi connectivity index (χ4v) is 3.20. The molecule has 0 saturated heterocycles. The lowest BCUT2D eigenvalue weighted by atomic mass is 9.90. The third-order valence-corrected chi connectivity index (χ3v) is 4.75. The molecule has 0 aliphatic heterocycles. The highest BCUT2D eigenvalue weighted by Gasteiger charge is 2.13. The van der Waals surface area contributed by atoms with Crippen LogP contribution in [0.1, 0.15) is 54.9 Å². The highest BCUT2D eigenvalue weighted by atomic mass is 16.1. The SMILES string of the molecule is C=C(CCC(=O)c1cccc(C)c1)/C(=C/C)CC1=C(NC)C=CCC1. The first-order valence-electron chi connectivity index (χ1n) is 9.04. The quantitative estimate of drug-likeness (QED) is 0.489. The third-order valence-electron chi connectivity index (χ3n) is 4.75. The molecule has 0 unspecified atom stereocenters. The molecule has 2 nitrogen and oxygen atoms in total. The number of nitrogens with one attached hydrogen (secondary N) is 1. The molecule has 0 aromatic heterocycles. The van der Waals surface area contributed by atoms with Crippen LogP contribution in [0.3, 0.4) is 0 Å². The van der Waals surface area contributed by atoms with E-state index in [2.05, 4.69) is 37.0 Å². The van der Waals surface area contributed by atoms with Gasteiger partial charge in [-0.05, 0) is 62.8 Å². The normalized spacial score (nSPS) is 14.6. The summed E-state index contributed by atoms with van der Waals surface area (Å²) in [4.78, 5) is 12.4. The lowest BCUT2D eigenvalue weighted by Gasteiger charge is -2.18. The van der Waals surface area contributed by atoms with Crippen molar-refractivity contribution in [1.82, 2.24) is 5.32 Å². The van der Waals surface area contributed by atoms with Crippen molar-refractivity contribution in [3.63, 3.8) is 0 Å². The summed E-state index contributed by atoms with van der Waals surface area (Å²) < 4.78 is 0. The van der Waals surface area contributed by atoms with Gasteiger partial charge in [0.25, 0.3) is 0 Å². The van der Waals surface area contributed by atoms with E-state index in [4.69, 9.17) is 0 Å². The average molecular weight is 335 g/mol. The molecule has 1 N–H and O–H groups in total. The number of ketones is 1. The molecule has 0 spiro atoms. The first-order chi connectivity index (χ1) is 12.0. The molecular weight excluding hydrogens is 306 g/mol. The first-order valence-corrected chi connectivity index (χ1v) is 9.04. The number of aryl methyl sites for hydroxylation is 1. The Morgan fingerprint density at radius 1 is 1.32 bits per heavy atom. The summed E-state index contributed by atoms with van der Waals surface area (Å²) in [6.45, 7) is 8.31. The summed E-state index contributed by atoms with van der Waals surface area (Å²) in [6.07, 6.45) is 10.8. The molecule has 0 heterocycles. The smallest absolute Gasteiger partial charge is 0.163 e. The number of rotatable bonds is 8. The van der Waals surface area contributed by atoms with Crippen LogP contribution in [-0.2, 0) is 0 Å². The third kappa shape index (κ3) is 5.32. The van der Waals surface area contributed by atoms with Gasteiger partial charge in [0, 0.05) is 24.7 Å². The second-order valence-electron chi connectivity index (χ2n) is 6.60. The van der Waals surface area contributed by atoms with E-state index in [9.17, 15) is 4.79 Å². The number of carbonyl (C=O) groups is 1. The standard InChI is InChI=1S/C23H29NO/c1-5-19(16-20-10-6-7-12-22(20)24-4)18(3)13-14-23(25)21-11-8-9-17(2)15-21/h5,7-9,11-12,15,24H,3,6,10,13-14,16H2,1-2,4H3/b19-5+. The molecule has 0 radical (unpaired) electrons. The number of Topliss-reactive ketones (excluding diaryl/α,β-unsaturated/α-hetero) is 1. The molecule has 0 fully saturated rings. The van der Waals surface area contributed by atoms with E-state index in [1.54, 1.807) is 0 Å². The predicted molar refractivity (Wildman–Crippen MR) is 107 cm³/mol. The Kier molecular flexibility index (Phi) is 7.00. The summed E-state index contributed by atoms with van der Waals surface area (Å²) in [5.74, 6) is 0.191. The van der Waals surface area contributed by atoms with Gasteiger partial charge in [-0.15, -0.1) is 0 Å². The Morgan fingerprint density at radius 2 is 2.12 bits per heavy atom. The van der Waals surface area contributed by atoms with Crippen molar-refractivity contribution in [1.29, 1.82) is 0 Å². The van der Waals surface area contributed by atoms with Crippen LogP contribution in [0.5, 0.6) is 0 Å². The molecule has 1 aliphatic carbocycles. The van der Waals surface area contributed by atoms with E-state index < -0.39 is 0 Å². The van der Waals surface area contributed by atoms with Crippen LogP contribution in [0.4, 0.5) is 0 Å². The molecule has 1 aromatic carbocycles. The Morgan fingerprint density at radius 3 is 2.80 bits per heavy atom. The fourth-order valence-electron chi connectivity index (χ4n) is 3.20. The summed E-state index contributed by atoms with van der Waals surface area (Å²) in [6, 6.07) is 7.81. The Balaban J connectivity index is 1.97. The van der Waals surface area contributed by atoms with Crippen molar-refractivity contribution in [2.24, 2.45) is 0 Å². The maximum atomic E-state index is 12.4. The van der Waals surface area contributed by atoms with Crippen LogP contribution in [0, 0.1) is 6.92 Å². The van der Waals surface area contributed by atoms with Crippen LogP contribution in [0.25, 0.3) is 0 Å². The monoisotopic (exact) mass is 335 g/mol. The maximum absolute atomic E-state index is 12.4. The fraction of sp³-hybridized carbons (Fsp3) is 0.348. The minimum Gasteiger partial charge on any atom is -0.388 e. The van der Waals surface area contributed by atoms with Crippen molar-refractivity contribution in [2.45, 2.75) is 46.0 Å². The summed E-state index contributed by atoms with van der Waals surface area (Å²) in [7, 11) is 1.97. The Bertz CT molecular complexity index is 734. The van der Waals surface area contributed by atoms with Gasteiger partial charge in [0.05, 0.1) is 0 Å². The molecule has 0 bridgehead atoms. The Hall–Kier alpha value is -2.35. The van der Waals surface area contributed by atoms with Crippen molar-refractivity contribution in [3.8, 4) is 0 Å². The molecule has 25 heavy (non-hydrogen) atoms. The number of benzene rings is 1. The molecule has 2 rings (SSSR count). The van der Waals surface area contributed by atoms with E-state index in [-0.39, 0.29) is 5.78 Å². The second kappa shape index (κ2) is 9.22. The average Bonchev–Trinajstić information content (AvgIpc) is 2.64. The zero-order valence-electron chi connectivity index (χ0n) is 15.7. The van der Waals surface area contributed by atoms with Gasteiger partial charge in [0.2, 0.25) is 0 Å². The Labute approximate surface area is 152 Å². The van der Waals surface area contributed by atoms with Gasteiger partial charge < -0.3 is 5.32 Å². The molecule has 1 aromatic rings. The summed E-state index contributed by atoms with van der Waals surface area (Å²) >= 11 is 0. The zero-order chi connectivity index (χ0) is 18.2. The van der Waals surface area contributed by atoms with Crippen molar-refractivity contribution < 1.29 is 4.79 Å². The highest BCUT2D eigenvalue weighted by Crippen LogP contribution is 2.28. The molecule has 2 heteroatoms. The van der Waals surface area contributed by atoms with Gasteiger partial charge in [-0.3, -0.25) is 4.79 Å². The maximum Gasteiger partial charge on any atom is 0.163 e. The van der Waals surface area contributed by atoms with Gasteiger partial charge >= 0.3 is 0 Å². The highest BCUT2D eigenvalue weighted by molar-refractivity contribution is 5.96. The number of carbonyl (C=O) groups excluding carboxylic acids is 1. The minimum atomic E-state index is 0.191. The molecule has 0 atom stereocenters. The number of allylic oxidation sites excluding steroid dienone is 6. The van der Waals surface area contributed by atoms with Gasteiger partial charge in [0.15, 0.2) is 5.78 Å². The van der Waals surface area contributed by atoms with E-state index in [1.165, 1.54) is 16.8 Å².